The van der Waals surface area contributed by atoms with E-state index in [1.807, 2.05) is 11.8 Å². The van der Waals surface area contributed by atoms with Gasteiger partial charge < -0.3 is 14.5 Å². The molecule has 0 unspecified atom stereocenters. The van der Waals surface area contributed by atoms with Crippen LogP contribution in [0.2, 0.25) is 0 Å². The minimum atomic E-state index is 0.166. The van der Waals surface area contributed by atoms with Crippen molar-refractivity contribution in [3.05, 3.63) is 35.9 Å². The van der Waals surface area contributed by atoms with E-state index >= 15 is 0 Å². The largest absolute Gasteiger partial charge is 0.378 e. The molecule has 118 valence electrons. The summed E-state index contributed by atoms with van der Waals surface area (Å²) in [6, 6.07) is 8.34. The first kappa shape index (κ1) is 15.1. The van der Waals surface area contributed by atoms with Gasteiger partial charge >= 0.3 is 0 Å². The van der Waals surface area contributed by atoms with Gasteiger partial charge in [0, 0.05) is 36.6 Å². The number of carbonyl (C=O) groups is 1. The van der Waals surface area contributed by atoms with Gasteiger partial charge in [-0.2, -0.15) is 0 Å². The molecule has 1 saturated heterocycles. The molecule has 1 aromatic rings. The Morgan fingerprint density at radius 2 is 1.95 bits per heavy atom. The Balaban J connectivity index is 1.73. The molecule has 0 aromatic heterocycles. The summed E-state index contributed by atoms with van der Waals surface area (Å²) in [5, 5.41) is 0. The number of hydrogen-bond acceptors (Lipinski definition) is 3. The predicted molar refractivity (Wildman–Crippen MR) is 89.4 cm³/mol. The van der Waals surface area contributed by atoms with Crippen LogP contribution in [0.3, 0.4) is 0 Å². The number of carbonyl (C=O) groups excluding carboxylic acids is 1. The topological polar surface area (TPSA) is 32.8 Å². The molecule has 2 aliphatic rings. The van der Waals surface area contributed by atoms with Gasteiger partial charge in [0.15, 0.2) is 0 Å². The SMILES string of the molecule is CCN(C(=O)C1=CCCC1)c1ccc(N2CCOCC2)cc1. The monoisotopic (exact) mass is 300 g/mol. The van der Waals surface area contributed by atoms with Crippen LogP contribution in [0.25, 0.3) is 0 Å². The van der Waals surface area contributed by atoms with Gasteiger partial charge in [0.05, 0.1) is 13.2 Å². The third kappa shape index (κ3) is 3.17. The van der Waals surface area contributed by atoms with Crippen LogP contribution in [-0.4, -0.2) is 38.8 Å². The average molecular weight is 300 g/mol. The van der Waals surface area contributed by atoms with E-state index in [0.717, 1.165) is 56.8 Å². The van der Waals surface area contributed by atoms with Gasteiger partial charge in [0.1, 0.15) is 0 Å². The van der Waals surface area contributed by atoms with Crippen molar-refractivity contribution in [1.29, 1.82) is 0 Å². The summed E-state index contributed by atoms with van der Waals surface area (Å²) in [6.45, 7) is 6.17. The number of morpholine rings is 1. The Labute approximate surface area is 132 Å². The molecular weight excluding hydrogens is 276 g/mol. The van der Waals surface area contributed by atoms with Gasteiger partial charge in [-0.25, -0.2) is 0 Å². The van der Waals surface area contributed by atoms with E-state index < -0.39 is 0 Å². The second-order valence-corrected chi connectivity index (χ2v) is 5.79. The van der Waals surface area contributed by atoms with E-state index in [-0.39, 0.29) is 5.91 Å². The number of ether oxygens (including phenoxy) is 1. The molecule has 1 aliphatic heterocycles. The Morgan fingerprint density at radius 3 is 2.55 bits per heavy atom. The van der Waals surface area contributed by atoms with Crippen molar-refractivity contribution in [1.82, 2.24) is 0 Å². The van der Waals surface area contributed by atoms with Crippen LogP contribution in [0.15, 0.2) is 35.9 Å². The first-order valence-electron chi connectivity index (χ1n) is 8.23. The molecule has 0 spiro atoms. The molecule has 4 heteroatoms. The van der Waals surface area contributed by atoms with Crippen molar-refractivity contribution in [3.63, 3.8) is 0 Å². The number of anilines is 2. The van der Waals surface area contributed by atoms with E-state index in [1.54, 1.807) is 0 Å². The third-order valence-electron chi connectivity index (χ3n) is 4.41. The molecule has 0 saturated carbocycles. The lowest BCUT2D eigenvalue weighted by Crippen LogP contribution is -2.36. The van der Waals surface area contributed by atoms with Gasteiger partial charge in [-0.15, -0.1) is 0 Å². The number of hydrogen-bond donors (Lipinski definition) is 0. The van der Waals surface area contributed by atoms with Gasteiger partial charge in [-0.3, -0.25) is 4.79 Å². The van der Waals surface area contributed by atoms with Gasteiger partial charge in [0.25, 0.3) is 5.91 Å². The smallest absolute Gasteiger partial charge is 0.253 e. The lowest BCUT2D eigenvalue weighted by Gasteiger charge is -2.29. The summed E-state index contributed by atoms with van der Waals surface area (Å²) in [5.41, 5.74) is 3.16. The van der Waals surface area contributed by atoms with Crippen LogP contribution in [0, 0.1) is 0 Å². The third-order valence-corrected chi connectivity index (χ3v) is 4.41. The zero-order valence-corrected chi connectivity index (χ0v) is 13.3. The number of nitrogens with zero attached hydrogens (tertiary/aromatic N) is 2. The molecule has 4 nitrogen and oxygen atoms in total. The molecule has 1 fully saturated rings. The maximum Gasteiger partial charge on any atom is 0.253 e. The van der Waals surface area contributed by atoms with E-state index in [0.29, 0.717) is 6.54 Å². The Morgan fingerprint density at radius 1 is 1.23 bits per heavy atom. The van der Waals surface area contributed by atoms with Gasteiger partial charge in [0.2, 0.25) is 0 Å². The van der Waals surface area contributed by atoms with Crippen LogP contribution >= 0.6 is 0 Å². The zero-order chi connectivity index (χ0) is 15.4. The first-order valence-corrected chi connectivity index (χ1v) is 8.23. The normalized spacial score (nSPS) is 18.2. The molecule has 3 rings (SSSR count). The van der Waals surface area contributed by atoms with Crippen molar-refractivity contribution >= 4 is 17.3 Å². The highest BCUT2D eigenvalue weighted by Gasteiger charge is 2.20. The highest BCUT2D eigenvalue weighted by atomic mass is 16.5. The van der Waals surface area contributed by atoms with Crippen LogP contribution in [0.1, 0.15) is 26.2 Å². The van der Waals surface area contributed by atoms with Gasteiger partial charge in [-0.05, 0) is 50.5 Å². The lowest BCUT2D eigenvalue weighted by molar-refractivity contribution is -0.115. The molecule has 0 N–H and O–H groups in total. The minimum Gasteiger partial charge on any atom is -0.378 e. The second-order valence-electron chi connectivity index (χ2n) is 5.79. The van der Waals surface area contributed by atoms with Crippen molar-refractivity contribution in [2.75, 3.05) is 42.6 Å². The molecular formula is C18H24N2O2. The number of rotatable bonds is 4. The highest BCUT2D eigenvalue weighted by Crippen LogP contribution is 2.25. The number of benzene rings is 1. The summed E-state index contributed by atoms with van der Waals surface area (Å²) >= 11 is 0. The molecule has 1 aromatic carbocycles. The Hall–Kier alpha value is -1.81. The second kappa shape index (κ2) is 6.97. The lowest BCUT2D eigenvalue weighted by atomic mass is 10.1. The maximum absolute atomic E-state index is 12.6. The summed E-state index contributed by atoms with van der Waals surface area (Å²) in [7, 11) is 0. The van der Waals surface area contributed by atoms with E-state index in [1.165, 1.54) is 5.69 Å². The summed E-state index contributed by atoms with van der Waals surface area (Å²) in [6.07, 6.45) is 5.15. The molecule has 0 atom stereocenters. The average Bonchev–Trinajstić information content (AvgIpc) is 3.11. The number of likely N-dealkylation sites (N-methyl/N-ethyl adjacent to an activating group) is 1. The fourth-order valence-electron chi connectivity index (χ4n) is 3.15. The van der Waals surface area contributed by atoms with Gasteiger partial charge in [-0.1, -0.05) is 6.08 Å². The van der Waals surface area contributed by atoms with Crippen LogP contribution < -0.4 is 9.80 Å². The molecule has 0 radical (unpaired) electrons. The van der Waals surface area contributed by atoms with Crippen LogP contribution in [0.5, 0.6) is 0 Å². The summed E-state index contributed by atoms with van der Waals surface area (Å²) < 4.78 is 5.39. The first-order chi connectivity index (χ1) is 10.8. The Bertz CT molecular complexity index is 545. The summed E-state index contributed by atoms with van der Waals surface area (Å²) in [5.74, 6) is 0.166. The van der Waals surface area contributed by atoms with E-state index in [4.69, 9.17) is 4.74 Å². The highest BCUT2D eigenvalue weighted by molar-refractivity contribution is 6.05. The molecule has 0 bridgehead atoms. The van der Waals surface area contributed by atoms with Crippen molar-refractivity contribution in [2.45, 2.75) is 26.2 Å². The van der Waals surface area contributed by atoms with Crippen molar-refractivity contribution in [3.8, 4) is 0 Å². The molecule has 1 amide bonds. The Kier molecular flexibility index (Phi) is 4.78. The number of amides is 1. The summed E-state index contributed by atoms with van der Waals surface area (Å²) in [4.78, 5) is 16.8. The van der Waals surface area contributed by atoms with Crippen LogP contribution in [-0.2, 0) is 9.53 Å². The standard InChI is InChI=1S/C18H24N2O2/c1-2-20(18(21)15-5-3-4-6-15)17-9-7-16(8-10-17)19-11-13-22-14-12-19/h5,7-10H,2-4,6,11-14H2,1H3. The van der Waals surface area contributed by atoms with E-state index in [2.05, 4.69) is 35.2 Å². The van der Waals surface area contributed by atoms with Crippen molar-refractivity contribution in [2.24, 2.45) is 0 Å². The maximum atomic E-state index is 12.6. The molecule has 1 aliphatic carbocycles. The fourth-order valence-corrected chi connectivity index (χ4v) is 3.15. The predicted octanol–water partition coefficient (Wildman–Crippen LogP) is 2.99. The minimum absolute atomic E-state index is 0.166. The zero-order valence-electron chi connectivity index (χ0n) is 13.3. The number of allylic oxidation sites excluding steroid dienone is 1. The fraction of sp³-hybridized carbons (Fsp3) is 0.500. The van der Waals surface area contributed by atoms with Crippen molar-refractivity contribution < 1.29 is 9.53 Å². The van der Waals surface area contributed by atoms with E-state index in [9.17, 15) is 4.79 Å². The quantitative estimate of drug-likeness (QED) is 0.857. The van der Waals surface area contributed by atoms with Crippen LogP contribution in [0.4, 0.5) is 11.4 Å². The molecule has 1 heterocycles. The molecule has 22 heavy (non-hydrogen) atoms.